The first-order valence-electron chi connectivity index (χ1n) is 5.78. The molecule has 2 N–H and O–H groups in total. The van der Waals surface area contributed by atoms with Gasteiger partial charge < -0.3 is 24.4 Å². The van der Waals surface area contributed by atoms with Crippen molar-refractivity contribution in [1.82, 2.24) is 0 Å². The van der Waals surface area contributed by atoms with Gasteiger partial charge in [-0.05, 0) is 5.56 Å². The highest BCUT2D eigenvalue weighted by Crippen LogP contribution is 2.02. The summed E-state index contributed by atoms with van der Waals surface area (Å²) in [4.78, 5) is 0. The fourth-order valence-corrected chi connectivity index (χ4v) is 1.35. The lowest BCUT2D eigenvalue weighted by Gasteiger charge is -2.17. The van der Waals surface area contributed by atoms with Crippen LogP contribution in [0.2, 0.25) is 0 Å². The van der Waals surface area contributed by atoms with E-state index in [1.807, 2.05) is 30.3 Å². The molecule has 2 atom stereocenters. The second kappa shape index (κ2) is 9.02. The van der Waals surface area contributed by atoms with Crippen LogP contribution in [0.3, 0.4) is 0 Å². The van der Waals surface area contributed by atoms with Crippen molar-refractivity contribution in [1.29, 1.82) is 0 Å². The molecule has 5 heteroatoms. The van der Waals surface area contributed by atoms with Gasteiger partial charge in [0.1, 0.15) is 19.0 Å². The van der Waals surface area contributed by atoms with E-state index in [4.69, 9.17) is 9.47 Å². The topological polar surface area (TPSA) is 68.2 Å². The maximum absolute atomic E-state index is 9.60. The molecule has 0 heterocycles. The molecule has 1 aromatic rings. The number of rotatable bonds is 9. The monoisotopic (exact) mass is 256 g/mol. The maximum atomic E-state index is 9.60. The van der Waals surface area contributed by atoms with E-state index in [1.165, 1.54) is 7.11 Å². The normalized spacial score (nSPS) is 14.4. The second-order valence-corrected chi connectivity index (χ2v) is 3.91. The minimum Gasteiger partial charge on any atom is -0.388 e. The van der Waals surface area contributed by atoms with Crippen LogP contribution < -0.4 is 0 Å². The van der Waals surface area contributed by atoms with Crippen molar-refractivity contribution in [2.24, 2.45) is 0 Å². The molecule has 0 saturated carbocycles. The summed E-state index contributed by atoms with van der Waals surface area (Å²) >= 11 is 0. The molecule has 5 nitrogen and oxygen atoms in total. The van der Waals surface area contributed by atoms with Crippen LogP contribution in [0.15, 0.2) is 30.3 Å². The predicted molar refractivity (Wildman–Crippen MR) is 65.9 cm³/mol. The van der Waals surface area contributed by atoms with Crippen molar-refractivity contribution >= 4 is 0 Å². The Morgan fingerprint density at radius 3 is 2.22 bits per heavy atom. The highest BCUT2D eigenvalue weighted by Gasteiger charge is 2.16. The van der Waals surface area contributed by atoms with Gasteiger partial charge in [0, 0.05) is 7.11 Å². The van der Waals surface area contributed by atoms with Crippen LogP contribution in [0, 0.1) is 0 Å². The predicted octanol–water partition coefficient (Wildman–Crippen LogP) is 0.545. The third-order valence-electron chi connectivity index (χ3n) is 2.33. The third kappa shape index (κ3) is 6.09. The minimum atomic E-state index is -0.976. The van der Waals surface area contributed by atoms with E-state index in [0.717, 1.165) is 5.56 Å². The Kier molecular flexibility index (Phi) is 7.55. The second-order valence-electron chi connectivity index (χ2n) is 3.91. The summed E-state index contributed by atoms with van der Waals surface area (Å²) in [6.45, 7) is 0.578. The van der Waals surface area contributed by atoms with Gasteiger partial charge >= 0.3 is 0 Å². The molecular formula is C13H20O5. The standard InChI is InChI=1S/C13H20O5/c1-16-10-18-9-13(15)12(14)8-17-7-11-5-3-2-4-6-11/h2-6,12-15H,7-10H2,1H3/t12-,13+/m0/s1. The van der Waals surface area contributed by atoms with E-state index >= 15 is 0 Å². The minimum absolute atomic E-state index is 0.0176. The van der Waals surface area contributed by atoms with Crippen LogP contribution in [0.4, 0.5) is 0 Å². The first-order chi connectivity index (χ1) is 8.74. The number of aliphatic hydroxyl groups excluding tert-OH is 2. The van der Waals surface area contributed by atoms with Gasteiger partial charge in [-0.3, -0.25) is 0 Å². The Morgan fingerprint density at radius 1 is 1.00 bits per heavy atom. The average Bonchev–Trinajstić information content (AvgIpc) is 2.40. The van der Waals surface area contributed by atoms with Gasteiger partial charge in [0.25, 0.3) is 0 Å². The van der Waals surface area contributed by atoms with Crippen molar-refractivity contribution in [2.45, 2.75) is 18.8 Å². The van der Waals surface area contributed by atoms with Crippen LogP contribution in [-0.4, -0.2) is 49.5 Å². The molecule has 0 radical (unpaired) electrons. The number of hydrogen-bond acceptors (Lipinski definition) is 5. The van der Waals surface area contributed by atoms with Crippen molar-refractivity contribution < 1.29 is 24.4 Å². The zero-order valence-corrected chi connectivity index (χ0v) is 10.5. The molecule has 0 amide bonds. The first-order valence-corrected chi connectivity index (χ1v) is 5.78. The average molecular weight is 256 g/mol. The Balaban J connectivity index is 2.14. The number of hydrogen-bond donors (Lipinski definition) is 2. The summed E-state index contributed by atoms with van der Waals surface area (Å²) in [5.41, 5.74) is 1.02. The third-order valence-corrected chi connectivity index (χ3v) is 2.33. The van der Waals surface area contributed by atoms with E-state index in [0.29, 0.717) is 6.61 Å². The fraction of sp³-hybridized carbons (Fsp3) is 0.538. The molecule has 0 saturated heterocycles. The van der Waals surface area contributed by atoms with Crippen LogP contribution in [-0.2, 0) is 20.8 Å². The lowest BCUT2D eigenvalue weighted by atomic mass is 10.2. The highest BCUT2D eigenvalue weighted by molar-refractivity contribution is 5.13. The van der Waals surface area contributed by atoms with E-state index in [2.05, 4.69) is 4.74 Å². The summed E-state index contributed by atoms with van der Waals surface area (Å²) in [6, 6.07) is 9.63. The number of ether oxygens (including phenoxy) is 3. The van der Waals surface area contributed by atoms with Crippen molar-refractivity contribution in [3.8, 4) is 0 Å². The number of aliphatic hydroxyl groups is 2. The number of methoxy groups -OCH3 is 1. The first kappa shape index (κ1) is 15.1. The largest absolute Gasteiger partial charge is 0.388 e. The van der Waals surface area contributed by atoms with Gasteiger partial charge in [-0.25, -0.2) is 0 Å². The molecule has 0 aliphatic heterocycles. The van der Waals surface area contributed by atoms with Gasteiger partial charge in [-0.1, -0.05) is 30.3 Å². The molecule has 0 aliphatic carbocycles. The van der Waals surface area contributed by atoms with E-state index in [1.54, 1.807) is 0 Å². The van der Waals surface area contributed by atoms with Crippen LogP contribution in [0.5, 0.6) is 0 Å². The van der Waals surface area contributed by atoms with Crippen LogP contribution in [0.1, 0.15) is 5.56 Å². The number of benzene rings is 1. The van der Waals surface area contributed by atoms with Crippen molar-refractivity contribution in [3.63, 3.8) is 0 Å². The van der Waals surface area contributed by atoms with Gasteiger partial charge in [0.15, 0.2) is 0 Å². The summed E-state index contributed by atoms with van der Waals surface area (Å²) < 4.78 is 14.9. The Morgan fingerprint density at radius 2 is 1.61 bits per heavy atom. The molecule has 0 unspecified atom stereocenters. The molecule has 1 aromatic carbocycles. The lowest BCUT2D eigenvalue weighted by molar-refractivity contribution is -0.105. The van der Waals surface area contributed by atoms with Gasteiger partial charge in [0.2, 0.25) is 0 Å². The SMILES string of the molecule is COCOC[C@@H](O)[C@@H](O)COCc1ccccc1. The quantitative estimate of drug-likeness (QED) is 0.499. The van der Waals surface area contributed by atoms with E-state index in [9.17, 15) is 10.2 Å². The smallest absolute Gasteiger partial charge is 0.146 e. The highest BCUT2D eigenvalue weighted by atomic mass is 16.7. The molecule has 0 spiro atoms. The molecule has 1 rings (SSSR count). The Labute approximate surface area is 107 Å². The molecular weight excluding hydrogens is 236 g/mol. The van der Waals surface area contributed by atoms with Gasteiger partial charge in [0.05, 0.1) is 19.8 Å². The van der Waals surface area contributed by atoms with E-state index < -0.39 is 12.2 Å². The lowest BCUT2D eigenvalue weighted by Crippen LogP contribution is -2.34. The summed E-state index contributed by atoms with van der Waals surface area (Å²) in [6.07, 6.45) is -1.94. The maximum Gasteiger partial charge on any atom is 0.146 e. The zero-order chi connectivity index (χ0) is 13.2. The van der Waals surface area contributed by atoms with Crippen LogP contribution >= 0.6 is 0 Å². The fourth-order valence-electron chi connectivity index (χ4n) is 1.35. The molecule has 0 bridgehead atoms. The van der Waals surface area contributed by atoms with E-state index in [-0.39, 0.29) is 20.0 Å². The molecule has 102 valence electrons. The zero-order valence-electron chi connectivity index (χ0n) is 10.5. The van der Waals surface area contributed by atoms with Gasteiger partial charge in [-0.15, -0.1) is 0 Å². The molecule has 18 heavy (non-hydrogen) atoms. The van der Waals surface area contributed by atoms with Crippen molar-refractivity contribution in [3.05, 3.63) is 35.9 Å². The summed E-state index contributed by atoms with van der Waals surface area (Å²) in [5.74, 6) is 0. The Bertz CT molecular complexity index is 304. The summed E-state index contributed by atoms with van der Waals surface area (Å²) in [7, 11) is 1.49. The van der Waals surface area contributed by atoms with Crippen molar-refractivity contribution in [2.75, 3.05) is 27.1 Å². The summed E-state index contributed by atoms with van der Waals surface area (Å²) in [5, 5.41) is 19.1. The van der Waals surface area contributed by atoms with Crippen LogP contribution in [0.25, 0.3) is 0 Å². The molecule has 0 fully saturated rings. The molecule has 0 aliphatic rings. The Hall–Kier alpha value is -0.980. The van der Waals surface area contributed by atoms with Gasteiger partial charge in [-0.2, -0.15) is 0 Å². The molecule has 0 aromatic heterocycles.